The van der Waals surface area contributed by atoms with Crippen LogP contribution in [0.5, 0.6) is 0 Å². The van der Waals surface area contributed by atoms with E-state index >= 15 is 0 Å². The number of hydrogen-bond acceptors (Lipinski definition) is 3. The van der Waals surface area contributed by atoms with Crippen LogP contribution in [0.1, 0.15) is 25.7 Å². The number of esters is 1. The molecule has 0 aliphatic rings. The molecule has 0 heterocycles. The van der Waals surface area contributed by atoms with Gasteiger partial charge in [-0.05, 0) is 31.0 Å². The van der Waals surface area contributed by atoms with E-state index in [0.29, 0.717) is 28.7 Å². The number of hydrogen-bond donors (Lipinski definition) is 2. The predicted octanol–water partition coefficient (Wildman–Crippen LogP) is 3.85. The van der Waals surface area contributed by atoms with Crippen molar-refractivity contribution >= 4 is 40.9 Å². The summed E-state index contributed by atoms with van der Waals surface area (Å²) in [6, 6.07) is 4.50. The van der Waals surface area contributed by atoms with Crippen molar-refractivity contribution in [2.24, 2.45) is 0 Å². The Morgan fingerprint density at radius 3 is 2.38 bits per heavy atom. The second-order valence-corrected chi connectivity index (χ2v) is 5.30. The van der Waals surface area contributed by atoms with E-state index in [-0.39, 0.29) is 12.0 Å². The summed E-state index contributed by atoms with van der Waals surface area (Å²) >= 11 is 11.7. The average molecular weight is 333 g/mol. The SMILES string of the molecule is COC(=O)CCCCCNC(=O)Nc1cc(Cl)cc(Cl)c1. The summed E-state index contributed by atoms with van der Waals surface area (Å²) in [6.07, 6.45) is 2.79. The number of anilines is 1. The van der Waals surface area contributed by atoms with Gasteiger partial charge in [-0.3, -0.25) is 4.79 Å². The molecule has 0 bridgehead atoms. The van der Waals surface area contributed by atoms with Crippen molar-refractivity contribution in [3.8, 4) is 0 Å². The van der Waals surface area contributed by atoms with Crippen LogP contribution in [0.4, 0.5) is 10.5 Å². The molecule has 0 radical (unpaired) electrons. The molecule has 21 heavy (non-hydrogen) atoms. The highest BCUT2D eigenvalue weighted by molar-refractivity contribution is 6.35. The Hall–Kier alpha value is -1.46. The molecule has 0 aliphatic heterocycles. The Morgan fingerprint density at radius 2 is 1.76 bits per heavy atom. The zero-order valence-corrected chi connectivity index (χ0v) is 13.3. The third-order valence-corrected chi connectivity index (χ3v) is 3.13. The van der Waals surface area contributed by atoms with Crippen molar-refractivity contribution in [1.29, 1.82) is 0 Å². The summed E-state index contributed by atoms with van der Waals surface area (Å²) in [7, 11) is 1.37. The molecule has 0 atom stereocenters. The Balaban J connectivity index is 2.18. The number of amides is 2. The second-order valence-electron chi connectivity index (χ2n) is 4.43. The summed E-state index contributed by atoms with van der Waals surface area (Å²) < 4.78 is 4.54. The summed E-state index contributed by atoms with van der Waals surface area (Å²) in [5.41, 5.74) is 0.538. The van der Waals surface area contributed by atoms with E-state index in [4.69, 9.17) is 23.2 Å². The van der Waals surface area contributed by atoms with E-state index in [1.807, 2.05) is 0 Å². The van der Waals surface area contributed by atoms with E-state index in [0.717, 1.165) is 19.3 Å². The highest BCUT2D eigenvalue weighted by Gasteiger charge is 2.04. The Bertz CT molecular complexity index is 475. The number of ether oxygens (including phenoxy) is 1. The molecule has 1 aromatic rings. The number of nitrogens with one attached hydrogen (secondary N) is 2. The molecule has 0 saturated carbocycles. The summed E-state index contributed by atoms with van der Waals surface area (Å²) in [4.78, 5) is 22.5. The van der Waals surface area contributed by atoms with E-state index in [9.17, 15) is 9.59 Å². The van der Waals surface area contributed by atoms with Gasteiger partial charge in [-0.1, -0.05) is 29.6 Å². The van der Waals surface area contributed by atoms with Crippen LogP contribution >= 0.6 is 23.2 Å². The van der Waals surface area contributed by atoms with Crippen LogP contribution in [0.3, 0.4) is 0 Å². The van der Waals surface area contributed by atoms with Crippen molar-refractivity contribution in [3.63, 3.8) is 0 Å². The fourth-order valence-electron chi connectivity index (χ4n) is 1.68. The minimum atomic E-state index is -0.318. The first-order chi connectivity index (χ1) is 10.0. The van der Waals surface area contributed by atoms with Gasteiger partial charge < -0.3 is 15.4 Å². The van der Waals surface area contributed by atoms with Gasteiger partial charge in [0.25, 0.3) is 0 Å². The molecule has 0 aromatic heterocycles. The molecule has 0 fully saturated rings. The monoisotopic (exact) mass is 332 g/mol. The molecule has 7 heteroatoms. The number of unbranched alkanes of at least 4 members (excludes halogenated alkanes) is 2. The third-order valence-electron chi connectivity index (χ3n) is 2.69. The highest BCUT2D eigenvalue weighted by atomic mass is 35.5. The van der Waals surface area contributed by atoms with Crippen LogP contribution in [0.15, 0.2) is 18.2 Å². The molecule has 0 unspecified atom stereocenters. The maximum Gasteiger partial charge on any atom is 0.319 e. The van der Waals surface area contributed by atoms with Gasteiger partial charge in [0, 0.05) is 28.7 Å². The van der Waals surface area contributed by atoms with Crippen LogP contribution in [0, 0.1) is 0 Å². The van der Waals surface area contributed by atoms with Gasteiger partial charge in [-0.2, -0.15) is 0 Å². The molecule has 5 nitrogen and oxygen atoms in total. The van der Waals surface area contributed by atoms with Crippen LogP contribution in [-0.2, 0) is 9.53 Å². The highest BCUT2D eigenvalue weighted by Crippen LogP contribution is 2.22. The maximum atomic E-state index is 11.6. The van der Waals surface area contributed by atoms with E-state index in [1.165, 1.54) is 7.11 Å². The third kappa shape index (κ3) is 7.78. The Morgan fingerprint density at radius 1 is 1.10 bits per heavy atom. The normalized spacial score (nSPS) is 10.0. The molecule has 1 aromatic carbocycles. The van der Waals surface area contributed by atoms with E-state index in [2.05, 4.69) is 15.4 Å². The van der Waals surface area contributed by atoms with Gasteiger partial charge >= 0.3 is 12.0 Å². The zero-order chi connectivity index (χ0) is 15.7. The lowest BCUT2D eigenvalue weighted by molar-refractivity contribution is -0.140. The zero-order valence-electron chi connectivity index (χ0n) is 11.7. The number of urea groups is 1. The molecule has 0 saturated heterocycles. The van der Waals surface area contributed by atoms with Gasteiger partial charge in [-0.15, -0.1) is 0 Å². The van der Waals surface area contributed by atoms with Gasteiger partial charge in [-0.25, -0.2) is 4.79 Å². The largest absolute Gasteiger partial charge is 0.469 e. The second kappa shape index (κ2) is 9.47. The fourth-order valence-corrected chi connectivity index (χ4v) is 2.20. The molecule has 0 aliphatic carbocycles. The lowest BCUT2D eigenvalue weighted by Crippen LogP contribution is -2.29. The van der Waals surface area contributed by atoms with Crippen molar-refractivity contribution in [2.45, 2.75) is 25.7 Å². The molecule has 2 amide bonds. The number of rotatable bonds is 7. The summed E-state index contributed by atoms with van der Waals surface area (Å²) in [6.45, 7) is 0.529. The van der Waals surface area contributed by atoms with Crippen LogP contribution in [-0.4, -0.2) is 25.7 Å². The predicted molar refractivity (Wildman–Crippen MR) is 84.0 cm³/mol. The molecule has 1 rings (SSSR count). The minimum absolute atomic E-state index is 0.210. The average Bonchev–Trinajstić information content (AvgIpc) is 2.41. The van der Waals surface area contributed by atoms with E-state index < -0.39 is 0 Å². The van der Waals surface area contributed by atoms with Gasteiger partial charge in [0.1, 0.15) is 0 Å². The van der Waals surface area contributed by atoms with Crippen molar-refractivity contribution in [3.05, 3.63) is 28.2 Å². The Labute approximate surface area is 133 Å². The lowest BCUT2D eigenvalue weighted by Gasteiger charge is -2.08. The number of carbonyl (C=O) groups excluding carboxylic acids is 2. The minimum Gasteiger partial charge on any atom is -0.469 e. The maximum absolute atomic E-state index is 11.6. The number of benzene rings is 1. The number of halogens is 2. The number of carbonyl (C=O) groups is 2. The summed E-state index contributed by atoms with van der Waals surface area (Å²) in [5, 5.41) is 6.29. The van der Waals surface area contributed by atoms with Gasteiger partial charge in [0.2, 0.25) is 0 Å². The van der Waals surface area contributed by atoms with Crippen LogP contribution in [0.25, 0.3) is 0 Å². The van der Waals surface area contributed by atoms with E-state index in [1.54, 1.807) is 18.2 Å². The smallest absolute Gasteiger partial charge is 0.319 e. The fraction of sp³-hybridized carbons (Fsp3) is 0.429. The van der Waals surface area contributed by atoms with Crippen LogP contribution < -0.4 is 10.6 Å². The molecule has 0 spiro atoms. The Kier molecular flexibility index (Phi) is 7.93. The first-order valence-corrected chi connectivity index (χ1v) is 7.34. The van der Waals surface area contributed by atoms with Crippen LogP contribution in [0.2, 0.25) is 10.0 Å². The van der Waals surface area contributed by atoms with Crippen molar-refractivity contribution in [2.75, 3.05) is 19.0 Å². The van der Waals surface area contributed by atoms with Gasteiger partial charge in [0.15, 0.2) is 0 Å². The van der Waals surface area contributed by atoms with Crippen molar-refractivity contribution in [1.82, 2.24) is 5.32 Å². The topological polar surface area (TPSA) is 67.4 Å². The first kappa shape index (κ1) is 17.6. The molecule has 2 N–H and O–H groups in total. The summed E-state index contributed by atoms with van der Waals surface area (Å²) in [5.74, 6) is -0.210. The first-order valence-electron chi connectivity index (χ1n) is 6.59. The van der Waals surface area contributed by atoms with Crippen molar-refractivity contribution < 1.29 is 14.3 Å². The number of methoxy groups -OCH3 is 1. The molecular weight excluding hydrogens is 315 g/mol. The lowest BCUT2D eigenvalue weighted by atomic mass is 10.2. The quantitative estimate of drug-likeness (QED) is 0.588. The standard InChI is InChI=1S/C14H18Cl2N2O3/c1-21-13(19)5-3-2-4-6-17-14(20)18-12-8-10(15)7-11(16)9-12/h7-9H,2-6H2,1H3,(H2,17,18,20). The van der Waals surface area contributed by atoms with Gasteiger partial charge in [0.05, 0.1) is 7.11 Å². The molecule has 116 valence electrons. The molecular formula is C14H18Cl2N2O3.